The molecule has 13 heavy (non-hydrogen) atoms. The van der Waals surface area contributed by atoms with E-state index in [1.54, 1.807) is 7.11 Å². The number of aryl methyl sites for hydroxylation is 1. The molecule has 0 saturated heterocycles. The van der Waals surface area contributed by atoms with Crippen molar-refractivity contribution in [2.45, 2.75) is 25.9 Å². The smallest absolute Gasteiger partial charge is 0.216 e. The van der Waals surface area contributed by atoms with Crippen molar-refractivity contribution in [1.29, 1.82) is 0 Å². The zero-order chi connectivity index (χ0) is 9.26. The summed E-state index contributed by atoms with van der Waals surface area (Å²) in [4.78, 5) is 4.18. The highest BCUT2D eigenvalue weighted by Crippen LogP contribution is 2.28. The lowest BCUT2D eigenvalue weighted by Gasteiger charge is -2.06. The highest BCUT2D eigenvalue weighted by molar-refractivity contribution is 5.30. The van der Waals surface area contributed by atoms with Gasteiger partial charge in [-0.1, -0.05) is 0 Å². The highest BCUT2D eigenvalue weighted by atomic mass is 16.5. The number of methoxy groups -OCH3 is 1. The molecule has 70 valence electrons. The van der Waals surface area contributed by atoms with Crippen LogP contribution in [-0.4, -0.2) is 18.2 Å². The second kappa shape index (κ2) is 3.24. The van der Waals surface area contributed by atoms with Crippen LogP contribution >= 0.6 is 0 Å². The lowest BCUT2D eigenvalue weighted by Crippen LogP contribution is -1.98. The average Bonchev–Trinajstić information content (AvgIpc) is 2.87. The zero-order valence-electron chi connectivity index (χ0n) is 7.91. The molecular weight excluding hydrogens is 166 g/mol. The van der Waals surface area contributed by atoms with E-state index in [0.29, 0.717) is 12.0 Å². The molecule has 1 fully saturated rings. The van der Waals surface area contributed by atoms with Gasteiger partial charge in [-0.05, 0) is 19.8 Å². The maximum atomic E-state index is 5.63. The van der Waals surface area contributed by atoms with Crippen molar-refractivity contribution in [3.63, 3.8) is 0 Å². The Kier molecular flexibility index (Phi) is 2.08. The lowest BCUT2D eigenvalue weighted by molar-refractivity contribution is 0.299. The van der Waals surface area contributed by atoms with Crippen LogP contribution in [-0.2, 0) is 0 Å². The van der Waals surface area contributed by atoms with Crippen molar-refractivity contribution in [2.24, 2.45) is 0 Å². The van der Waals surface area contributed by atoms with Crippen molar-refractivity contribution in [3.8, 4) is 11.6 Å². The maximum Gasteiger partial charge on any atom is 0.216 e. The Bertz CT molecular complexity index is 308. The first-order valence-corrected chi connectivity index (χ1v) is 4.47. The van der Waals surface area contributed by atoms with E-state index in [4.69, 9.17) is 9.47 Å². The van der Waals surface area contributed by atoms with Gasteiger partial charge in [-0.3, -0.25) is 0 Å². The predicted octanol–water partition coefficient (Wildman–Crippen LogP) is 1.94. The van der Waals surface area contributed by atoms with Gasteiger partial charge >= 0.3 is 0 Å². The molecule has 0 aliphatic heterocycles. The number of aromatic nitrogens is 1. The Hall–Kier alpha value is -1.25. The van der Waals surface area contributed by atoms with E-state index < -0.39 is 0 Å². The van der Waals surface area contributed by atoms with Crippen molar-refractivity contribution < 1.29 is 9.47 Å². The van der Waals surface area contributed by atoms with Crippen molar-refractivity contribution in [3.05, 3.63) is 17.8 Å². The number of hydrogen-bond donors (Lipinski definition) is 0. The van der Waals surface area contributed by atoms with E-state index >= 15 is 0 Å². The second-order valence-corrected chi connectivity index (χ2v) is 3.30. The van der Waals surface area contributed by atoms with Gasteiger partial charge < -0.3 is 9.47 Å². The molecule has 3 heteroatoms. The maximum absolute atomic E-state index is 5.63. The van der Waals surface area contributed by atoms with Gasteiger partial charge in [-0.2, -0.15) is 0 Å². The summed E-state index contributed by atoms with van der Waals surface area (Å²) in [6, 6.07) is 3.76. The summed E-state index contributed by atoms with van der Waals surface area (Å²) in [6.07, 6.45) is 2.76. The van der Waals surface area contributed by atoms with Crippen LogP contribution in [0.25, 0.3) is 0 Å². The molecule has 1 heterocycles. The van der Waals surface area contributed by atoms with Crippen LogP contribution in [0.5, 0.6) is 11.6 Å². The Labute approximate surface area is 77.7 Å². The first kappa shape index (κ1) is 8.35. The third-order valence-electron chi connectivity index (χ3n) is 1.94. The summed E-state index contributed by atoms with van der Waals surface area (Å²) >= 11 is 0. The summed E-state index contributed by atoms with van der Waals surface area (Å²) in [7, 11) is 1.61. The van der Waals surface area contributed by atoms with E-state index in [9.17, 15) is 0 Å². The van der Waals surface area contributed by atoms with Crippen molar-refractivity contribution in [2.75, 3.05) is 7.11 Å². The van der Waals surface area contributed by atoms with E-state index in [2.05, 4.69) is 4.98 Å². The topological polar surface area (TPSA) is 31.4 Å². The Morgan fingerprint density at radius 3 is 2.77 bits per heavy atom. The molecule has 1 aliphatic rings. The number of ether oxygens (including phenoxy) is 2. The molecule has 0 bridgehead atoms. The molecule has 3 nitrogen and oxygen atoms in total. The first-order valence-electron chi connectivity index (χ1n) is 4.47. The van der Waals surface area contributed by atoms with Crippen LogP contribution < -0.4 is 9.47 Å². The normalized spacial score (nSPS) is 15.5. The van der Waals surface area contributed by atoms with E-state index in [1.165, 1.54) is 12.8 Å². The highest BCUT2D eigenvalue weighted by Gasteiger charge is 2.23. The molecule has 1 aromatic rings. The molecular formula is C10H13NO2. The third-order valence-corrected chi connectivity index (χ3v) is 1.94. The van der Waals surface area contributed by atoms with Crippen molar-refractivity contribution in [1.82, 2.24) is 4.98 Å². The fraction of sp³-hybridized carbons (Fsp3) is 0.500. The van der Waals surface area contributed by atoms with Gasteiger partial charge in [-0.15, -0.1) is 0 Å². The molecule has 0 aromatic carbocycles. The fourth-order valence-corrected chi connectivity index (χ4v) is 1.16. The standard InChI is InChI=1S/C10H13NO2/c1-7-5-9(13-8-3-4-8)6-10(11-7)12-2/h5-6,8H,3-4H2,1-2H3. The fourth-order valence-electron chi connectivity index (χ4n) is 1.16. The van der Waals surface area contributed by atoms with Gasteiger partial charge in [0.25, 0.3) is 0 Å². The third kappa shape index (κ3) is 2.11. The monoisotopic (exact) mass is 179 g/mol. The second-order valence-electron chi connectivity index (χ2n) is 3.30. The summed E-state index contributed by atoms with van der Waals surface area (Å²) in [5.74, 6) is 1.49. The van der Waals surface area contributed by atoms with Gasteiger partial charge in [0, 0.05) is 17.8 Å². The number of nitrogens with zero attached hydrogens (tertiary/aromatic N) is 1. The van der Waals surface area contributed by atoms with E-state index in [-0.39, 0.29) is 0 Å². The number of hydrogen-bond acceptors (Lipinski definition) is 3. The molecule has 0 atom stereocenters. The Morgan fingerprint density at radius 2 is 2.15 bits per heavy atom. The van der Waals surface area contributed by atoms with Gasteiger partial charge in [0.05, 0.1) is 13.2 Å². The molecule has 0 spiro atoms. The number of pyridine rings is 1. The lowest BCUT2D eigenvalue weighted by atomic mass is 10.3. The molecule has 2 rings (SSSR count). The SMILES string of the molecule is COc1cc(OC2CC2)cc(C)n1. The zero-order valence-corrected chi connectivity index (χ0v) is 7.91. The number of rotatable bonds is 3. The van der Waals surface area contributed by atoms with Crippen LogP contribution in [0.1, 0.15) is 18.5 Å². The summed E-state index contributed by atoms with van der Waals surface area (Å²) in [5, 5.41) is 0. The Balaban J connectivity index is 2.17. The van der Waals surface area contributed by atoms with Gasteiger partial charge in [0.2, 0.25) is 5.88 Å². The van der Waals surface area contributed by atoms with Gasteiger partial charge in [0.15, 0.2) is 0 Å². The predicted molar refractivity (Wildman–Crippen MR) is 49.2 cm³/mol. The summed E-state index contributed by atoms with van der Waals surface area (Å²) < 4.78 is 10.7. The first-order chi connectivity index (χ1) is 6.28. The molecule has 0 unspecified atom stereocenters. The molecule has 0 radical (unpaired) electrons. The Morgan fingerprint density at radius 1 is 1.38 bits per heavy atom. The van der Waals surface area contributed by atoms with Crippen molar-refractivity contribution >= 4 is 0 Å². The van der Waals surface area contributed by atoms with Gasteiger partial charge in [-0.25, -0.2) is 4.98 Å². The minimum Gasteiger partial charge on any atom is -0.490 e. The van der Waals surface area contributed by atoms with E-state index in [1.807, 2.05) is 19.1 Å². The molecule has 1 aromatic heterocycles. The van der Waals surface area contributed by atoms with E-state index in [0.717, 1.165) is 11.4 Å². The molecule has 0 N–H and O–H groups in total. The van der Waals surface area contributed by atoms with Crippen LogP contribution in [0.2, 0.25) is 0 Å². The van der Waals surface area contributed by atoms with Crippen LogP contribution in [0.4, 0.5) is 0 Å². The average molecular weight is 179 g/mol. The minimum atomic E-state index is 0.423. The summed E-state index contributed by atoms with van der Waals surface area (Å²) in [6.45, 7) is 1.93. The molecule has 0 amide bonds. The quantitative estimate of drug-likeness (QED) is 0.710. The summed E-state index contributed by atoms with van der Waals surface area (Å²) in [5.41, 5.74) is 0.926. The molecule has 1 saturated carbocycles. The van der Waals surface area contributed by atoms with Crippen LogP contribution in [0.15, 0.2) is 12.1 Å². The van der Waals surface area contributed by atoms with Gasteiger partial charge in [0.1, 0.15) is 5.75 Å². The van der Waals surface area contributed by atoms with Crippen LogP contribution in [0, 0.1) is 6.92 Å². The largest absolute Gasteiger partial charge is 0.490 e. The molecule has 1 aliphatic carbocycles. The van der Waals surface area contributed by atoms with Crippen LogP contribution in [0.3, 0.4) is 0 Å². The minimum absolute atomic E-state index is 0.423.